The molecule has 0 aromatic rings. The van der Waals surface area contributed by atoms with Crippen molar-refractivity contribution in [3.05, 3.63) is 0 Å². The number of amides is 1. The van der Waals surface area contributed by atoms with Crippen LogP contribution in [0.5, 0.6) is 0 Å². The van der Waals surface area contributed by atoms with Gasteiger partial charge >= 0.3 is 0 Å². The third kappa shape index (κ3) is 2.75. The minimum absolute atomic E-state index is 0.102. The van der Waals surface area contributed by atoms with Crippen molar-refractivity contribution in [3.8, 4) is 0 Å². The maximum Gasteiger partial charge on any atom is 0.226 e. The van der Waals surface area contributed by atoms with E-state index in [4.69, 9.17) is 7.98 Å². The van der Waals surface area contributed by atoms with Crippen molar-refractivity contribution in [1.29, 1.82) is 0 Å². The Bertz CT molecular complexity index is 194. The smallest absolute Gasteiger partial charge is 0.226 e. The minimum atomic E-state index is -0.424. The lowest BCUT2D eigenvalue weighted by atomic mass is 9.66. The molecule has 0 rings (SSSR count). The van der Waals surface area contributed by atoms with Crippen molar-refractivity contribution in [1.82, 2.24) is 5.23 Å². The van der Waals surface area contributed by atoms with Gasteiger partial charge < -0.3 is 5.23 Å². The Labute approximate surface area is 82.9 Å². The van der Waals surface area contributed by atoms with E-state index in [1.165, 1.54) is 0 Å². The first kappa shape index (κ1) is 12.5. The maximum atomic E-state index is 11.5. The molecule has 1 unspecified atom stereocenters. The number of nitrogens with one attached hydrogen (secondary N) is 1. The van der Waals surface area contributed by atoms with Gasteiger partial charge in [0.15, 0.2) is 0 Å². The molecule has 0 fully saturated rings. The summed E-state index contributed by atoms with van der Waals surface area (Å²) in [4.78, 5) is 11.5. The van der Waals surface area contributed by atoms with E-state index in [0.29, 0.717) is 0 Å². The molecule has 0 heterocycles. The van der Waals surface area contributed by atoms with Gasteiger partial charge in [0, 0.05) is 5.41 Å². The molecule has 1 atom stereocenters. The first-order chi connectivity index (χ1) is 5.64. The molecule has 1 amide bonds. The zero-order valence-corrected chi connectivity index (χ0v) is 9.56. The number of hydrogen-bond acceptors (Lipinski definition) is 1. The van der Waals surface area contributed by atoms with Gasteiger partial charge in [-0.25, -0.2) is 0 Å². The van der Waals surface area contributed by atoms with Crippen molar-refractivity contribution in [3.63, 3.8) is 0 Å². The summed E-state index contributed by atoms with van der Waals surface area (Å²) < 4.78 is 0. The zero-order chi connectivity index (χ0) is 10.9. The van der Waals surface area contributed by atoms with E-state index < -0.39 is 5.41 Å². The second-order valence-electron chi connectivity index (χ2n) is 5.28. The number of carbonyl (C=O) groups is 1. The maximum absolute atomic E-state index is 11.5. The minimum Gasteiger partial charge on any atom is -0.409 e. The summed E-state index contributed by atoms with van der Waals surface area (Å²) in [6, 6.07) is 0. The van der Waals surface area contributed by atoms with E-state index in [2.05, 4.69) is 32.9 Å². The normalized spacial score (nSPS) is 15.2. The lowest BCUT2D eigenvalue weighted by Gasteiger charge is -2.39. The molecule has 0 aliphatic heterocycles. The van der Waals surface area contributed by atoms with Gasteiger partial charge in [-0.1, -0.05) is 41.5 Å². The van der Waals surface area contributed by atoms with Gasteiger partial charge in [-0.05, 0) is 11.3 Å². The van der Waals surface area contributed by atoms with Gasteiger partial charge in [0.1, 0.15) is 0 Å². The Balaban J connectivity index is 4.74. The molecule has 0 saturated heterocycles. The van der Waals surface area contributed by atoms with Crippen LogP contribution < -0.4 is 5.23 Å². The molecule has 74 valence electrons. The highest BCUT2D eigenvalue weighted by Gasteiger charge is 2.39. The average molecular weight is 181 g/mol. The average Bonchev–Trinajstić information content (AvgIpc) is 1.99. The Morgan fingerprint density at radius 2 is 1.62 bits per heavy atom. The fourth-order valence-corrected chi connectivity index (χ4v) is 1.47. The third-order valence-electron chi connectivity index (χ3n) is 3.10. The summed E-state index contributed by atoms with van der Waals surface area (Å²) in [6.45, 7) is 12.3. The molecule has 0 aromatic carbocycles. The van der Waals surface area contributed by atoms with E-state index in [9.17, 15) is 4.79 Å². The highest BCUT2D eigenvalue weighted by Crippen LogP contribution is 2.39. The number of rotatable bonds is 2. The fraction of sp³-hybridized carbons (Fsp3) is 0.900. The molecule has 0 saturated carbocycles. The lowest BCUT2D eigenvalue weighted by Crippen LogP contribution is -2.44. The highest BCUT2D eigenvalue weighted by atomic mass is 16.1. The van der Waals surface area contributed by atoms with Gasteiger partial charge in [0.25, 0.3) is 0 Å². The summed E-state index contributed by atoms with van der Waals surface area (Å²) in [5.74, 6) is 0.165. The first-order valence-electron chi connectivity index (χ1n) is 4.65. The number of carbonyl (C=O) groups excluding carboxylic acids is 1. The molecule has 0 aliphatic carbocycles. The van der Waals surface area contributed by atoms with E-state index in [0.717, 1.165) is 0 Å². The second kappa shape index (κ2) is 3.73. The molecule has 0 aromatic heterocycles. The van der Waals surface area contributed by atoms with Crippen molar-refractivity contribution in [2.75, 3.05) is 0 Å². The molecule has 1 N–H and O–H groups in total. The molecule has 2 radical (unpaired) electrons. The van der Waals surface area contributed by atoms with Gasteiger partial charge in [-0.15, -0.1) is 0 Å². The van der Waals surface area contributed by atoms with Gasteiger partial charge in [-0.3, -0.25) is 4.79 Å². The highest BCUT2D eigenvalue weighted by molar-refractivity contribution is 6.15. The molecule has 0 spiro atoms. The largest absolute Gasteiger partial charge is 0.409 e. The Hall–Kier alpha value is -0.465. The van der Waals surface area contributed by atoms with Gasteiger partial charge in [0.2, 0.25) is 13.9 Å². The van der Waals surface area contributed by atoms with E-state index in [-0.39, 0.29) is 17.2 Å². The van der Waals surface area contributed by atoms with Crippen LogP contribution >= 0.6 is 0 Å². The molecular weight excluding hydrogens is 161 g/mol. The summed E-state index contributed by atoms with van der Waals surface area (Å²) in [7, 11) is 5.14. The Kier molecular flexibility index (Phi) is 3.59. The van der Waals surface area contributed by atoms with Gasteiger partial charge in [0.05, 0.1) is 0 Å². The van der Waals surface area contributed by atoms with Crippen molar-refractivity contribution >= 4 is 13.9 Å². The van der Waals surface area contributed by atoms with Crippen LogP contribution in [-0.4, -0.2) is 13.9 Å². The molecule has 0 bridgehead atoms. The van der Waals surface area contributed by atoms with Crippen LogP contribution in [0.4, 0.5) is 0 Å². The fourth-order valence-electron chi connectivity index (χ4n) is 1.47. The quantitative estimate of drug-likeness (QED) is 0.647. The molecule has 0 aliphatic rings. The number of hydrogen-bond donors (Lipinski definition) is 1. The summed E-state index contributed by atoms with van der Waals surface area (Å²) in [5, 5.41) is 2.22. The van der Waals surface area contributed by atoms with Crippen LogP contribution in [0.3, 0.4) is 0 Å². The molecular formula is C10H20BNO. The van der Waals surface area contributed by atoms with Crippen molar-refractivity contribution in [2.24, 2.45) is 16.7 Å². The standard InChI is InChI=1S/C10H20BNO/c1-7(9(2,3)4)10(5,6)8(13)12-11/h7H,1-6H3,(H,12,13). The van der Waals surface area contributed by atoms with Crippen LogP contribution in [0, 0.1) is 16.7 Å². The van der Waals surface area contributed by atoms with Crippen molar-refractivity contribution < 1.29 is 4.79 Å². The second-order valence-corrected chi connectivity index (χ2v) is 5.28. The van der Waals surface area contributed by atoms with Crippen LogP contribution in [0.2, 0.25) is 0 Å². The summed E-state index contributed by atoms with van der Waals surface area (Å²) in [5.41, 5.74) is -0.316. The van der Waals surface area contributed by atoms with Gasteiger partial charge in [-0.2, -0.15) is 0 Å². The Morgan fingerprint density at radius 3 is 1.85 bits per heavy atom. The molecule has 3 heteroatoms. The van der Waals surface area contributed by atoms with Crippen LogP contribution in [-0.2, 0) is 4.79 Å². The monoisotopic (exact) mass is 181 g/mol. The zero-order valence-electron chi connectivity index (χ0n) is 9.56. The predicted octanol–water partition coefficient (Wildman–Crippen LogP) is 1.89. The van der Waals surface area contributed by atoms with Crippen LogP contribution in [0.25, 0.3) is 0 Å². The van der Waals surface area contributed by atoms with E-state index >= 15 is 0 Å². The SMILES string of the molecule is [B]NC(=O)C(C)(C)C(C)C(C)(C)C. The van der Waals surface area contributed by atoms with Crippen molar-refractivity contribution in [2.45, 2.75) is 41.5 Å². The summed E-state index contributed by atoms with van der Waals surface area (Å²) in [6.07, 6.45) is 0. The third-order valence-corrected chi connectivity index (χ3v) is 3.10. The Morgan fingerprint density at radius 1 is 1.23 bits per heavy atom. The van der Waals surface area contributed by atoms with E-state index in [1.54, 1.807) is 0 Å². The van der Waals surface area contributed by atoms with Crippen LogP contribution in [0.15, 0.2) is 0 Å². The molecule has 13 heavy (non-hydrogen) atoms. The topological polar surface area (TPSA) is 29.1 Å². The van der Waals surface area contributed by atoms with E-state index in [1.807, 2.05) is 13.8 Å². The molecule has 2 nitrogen and oxygen atoms in total. The predicted molar refractivity (Wildman–Crippen MR) is 56.3 cm³/mol. The van der Waals surface area contributed by atoms with Crippen LogP contribution in [0.1, 0.15) is 41.5 Å². The first-order valence-corrected chi connectivity index (χ1v) is 4.65. The summed E-state index contributed by atoms with van der Waals surface area (Å²) >= 11 is 0. The lowest BCUT2D eigenvalue weighted by molar-refractivity contribution is -0.132.